The lowest BCUT2D eigenvalue weighted by atomic mass is 10.0. The molecule has 0 heterocycles. The molecule has 0 fully saturated rings. The van der Waals surface area contributed by atoms with Gasteiger partial charge in [-0.15, -0.1) is 0 Å². The Kier molecular flexibility index (Phi) is 4.32. The lowest BCUT2D eigenvalue weighted by Gasteiger charge is -2.08. The summed E-state index contributed by atoms with van der Waals surface area (Å²) in [5.74, 6) is -0.468. The average molecular weight is 392 g/mol. The van der Waals surface area contributed by atoms with Gasteiger partial charge in [-0.1, -0.05) is 24.3 Å². The number of benzene rings is 2. The summed E-state index contributed by atoms with van der Waals surface area (Å²) >= 11 is 1.49. The molecule has 0 aromatic heterocycles. The monoisotopic (exact) mass is 392 g/mol. The van der Waals surface area contributed by atoms with Crippen molar-refractivity contribution >= 4 is 29.0 Å². The summed E-state index contributed by atoms with van der Waals surface area (Å²) in [7, 11) is 0. The molecule has 0 spiro atoms. The first-order valence-electron chi connectivity index (χ1n) is 5.52. The topological polar surface area (TPSA) is 26.3 Å². The standard InChI is InChI=1S/C14H8F3IO2/c15-14(16,17)12-7-5-10(6-8-12)9-1-3-11(4-2-9)13(19)20-18/h1-8H. The van der Waals surface area contributed by atoms with Crippen LogP contribution in [0.5, 0.6) is 0 Å². The minimum Gasteiger partial charge on any atom is -0.391 e. The molecule has 0 saturated heterocycles. The molecule has 0 unspecified atom stereocenters. The largest absolute Gasteiger partial charge is 0.416 e. The summed E-state index contributed by atoms with van der Waals surface area (Å²) in [6, 6.07) is 11.3. The van der Waals surface area contributed by atoms with E-state index >= 15 is 0 Å². The zero-order chi connectivity index (χ0) is 14.8. The number of halogens is 4. The van der Waals surface area contributed by atoms with Crippen molar-refractivity contribution < 1.29 is 21.0 Å². The van der Waals surface area contributed by atoms with Crippen LogP contribution in [0.2, 0.25) is 0 Å². The van der Waals surface area contributed by atoms with Gasteiger partial charge in [0.25, 0.3) is 0 Å². The fraction of sp³-hybridized carbons (Fsp3) is 0.0714. The van der Waals surface area contributed by atoms with Crippen molar-refractivity contribution in [1.82, 2.24) is 0 Å². The first-order valence-corrected chi connectivity index (χ1v) is 6.40. The molecule has 0 radical (unpaired) electrons. The molecule has 0 amide bonds. The summed E-state index contributed by atoms with van der Waals surface area (Å²) in [6.45, 7) is 0. The molecule has 0 N–H and O–H groups in total. The number of alkyl halides is 3. The third-order valence-electron chi connectivity index (χ3n) is 2.74. The zero-order valence-electron chi connectivity index (χ0n) is 9.95. The van der Waals surface area contributed by atoms with Crippen LogP contribution in [-0.2, 0) is 9.24 Å². The Labute approximate surface area is 127 Å². The molecule has 2 nitrogen and oxygen atoms in total. The molecule has 0 saturated carbocycles. The Bertz CT molecular complexity index is 604. The number of carbonyl (C=O) groups is 1. The first kappa shape index (κ1) is 14.8. The highest BCUT2D eigenvalue weighted by Gasteiger charge is 2.29. The van der Waals surface area contributed by atoms with E-state index in [0.29, 0.717) is 11.1 Å². The molecule has 0 aliphatic carbocycles. The maximum atomic E-state index is 12.5. The molecule has 104 valence electrons. The highest BCUT2D eigenvalue weighted by atomic mass is 127. The van der Waals surface area contributed by atoms with Gasteiger partial charge in [-0.2, -0.15) is 13.2 Å². The zero-order valence-corrected chi connectivity index (χ0v) is 12.1. The molecule has 2 rings (SSSR count). The maximum Gasteiger partial charge on any atom is 0.416 e. The summed E-state index contributed by atoms with van der Waals surface area (Å²) < 4.78 is 41.9. The van der Waals surface area contributed by atoms with Crippen LogP contribution in [0.15, 0.2) is 48.5 Å². The summed E-state index contributed by atoms with van der Waals surface area (Å²) in [4.78, 5) is 11.3. The summed E-state index contributed by atoms with van der Waals surface area (Å²) in [6.07, 6.45) is -4.34. The number of rotatable bonds is 2. The molecule has 0 bridgehead atoms. The van der Waals surface area contributed by atoms with Crippen LogP contribution in [0.25, 0.3) is 11.1 Å². The van der Waals surface area contributed by atoms with Crippen LogP contribution in [-0.4, -0.2) is 5.97 Å². The van der Waals surface area contributed by atoms with E-state index in [1.807, 2.05) is 0 Å². The summed E-state index contributed by atoms with van der Waals surface area (Å²) in [5, 5.41) is 0. The van der Waals surface area contributed by atoms with E-state index in [1.54, 1.807) is 24.3 Å². The molecule has 20 heavy (non-hydrogen) atoms. The molecule has 6 heteroatoms. The Morgan fingerprint density at radius 1 is 0.900 bits per heavy atom. The second kappa shape index (κ2) is 5.82. The van der Waals surface area contributed by atoms with Crippen molar-refractivity contribution in [3.63, 3.8) is 0 Å². The Morgan fingerprint density at radius 2 is 1.35 bits per heavy atom. The molecule has 2 aromatic carbocycles. The molecule has 0 aliphatic heterocycles. The molecular weight excluding hydrogens is 384 g/mol. The van der Waals surface area contributed by atoms with E-state index < -0.39 is 17.7 Å². The summed E-state index contributed by atoms with van der Waals surface area (Å²) in [5.41, 5.74) is 1.07. The van der Waals surface area contributed by atoms with Gasteiger partial charge in [-0.05, 0) is 35.4 Å². The smallest absolute Gasteiger partial charge is 0.391 e. The SMILES string of the molecule is O=C(OI)c1ccc(-c2ccc(C(F)(F)F)cc2)cc1. The van der Waals surface area contributed by atoms with Crippen molar-refractivity contribution in [2.24, 2.45) is 0 Å². The van der Waals surface area contributed by atoms with Gasteiger partial charge in [-0.3, -0.25) is 0 Å². The van der Waals surface area contributed by atoms with Gasteiger partial charge in [0.1, 0.15) is 0 Å². The van der Waals surface area contributed by atoms with Crippen LogP contribution in [0, 0.1) is 0 Å². The second-order valence-corrected chi connectivity index (χ2v) is 4.46. The maximum absolute atomic E-state index is 12.5. The Hall–Kier alpha value is -1.57. The van der Waals surface area contributed by atoms with Crippen molar-refractivity contribution in [3.05, 3.63) is 59.7 Å². The van der Waals surface area contributed by atoms with Crippen molar-refractivity contribution in [2.45, 2.75) is 6.18 Å². The third kappa shape index (κ3) is 3.30. The van der Waals surface area contributed by atoms with Gasteiger partial charge in [0.05, 0.1) is 11.1 Å². The molecular formula is C14H8F3IO2. The van der Waals surface area contributed by atoms with Crippen LogP contribution >= 0.6 is 23.0 Å². The highest BCUT2D eigenvalue weighted by molar-refractivity contribution is 14.1. The van der Waals surface area contributed by atoms with Crippen molar-refractivity contribution in [2.75, 3.05) is 0 Å². The lowest BCUT2D eigenvalue weighted by molar-refractivity contribution is -0.137. The number of hydrogen-bond donors (Lipinski definition) is 0. The van der Waals surface area contributed by atoms with E-state index in [4.69, 9.17) is 0 Å². The van der Waals surface area contributed by atoms with Crippen LogP contribution < -0.4 is 0 Å². The van der Waals surface area contributed by atoms with E-state index in [0.717, 1.165) is 17.7 Å². The molecule has 0 aliphatic rings. The van der Waals surface area contributed by atoms with Crippen LogP contribution in [0.1, 0.15) is 15.9 Å². The van der Waals surface area contributed by atoms with Gasteiger partial charge in [0.2, 0.25) is 0 Å². The number of carbonyl (C=O) groups excluding carboxylic acids is 1. The molecule has 2 aromatic rings. The minimum atomic E-state index is -4.34. The van der Waals surface area contributed by atoms with Gasteiger partial charge in [0.15, 0.2) is 23.0 Å². The fourth-order valence-corrected chi connectivity index (χ4v) is 1.95. The lowest BCUT2D eigenvalue weighted by Crippen LogP contribution is -2.04. The van der Waals surface area contributed by atoms with Gasteiger partial charge < -0.3 is 3.07 Å². The minimum absolute atomic E-state index is 0.384. The van der Waals surface area contributed by atoms with Crippen LogP contribution in [0.3, 0.4) is 0 Å². The number of hydrogen-bond acceptors (Lipinski definition) is 2. The van der Waals surface area contributed by atoms with E-state index in [9.17, 15) is 18.0 Å². The Morgan fingerprint density at radius 3 is 1.75 bits per heavy atom. The fourth-order valence-electron chi connectivity index (χ4n) is 1.69. The third-order valence-corrected chi connectivity index (χ3v) is 3.14. The predicted octanol–water partition coefficient (Wildman–Crippen LogP) is 4.88. The van der Waals surface area contributed by atoms with Gasteiger partial charge in [-0.25, -0.2) is 4.79 Å². The van der Waals surface area contributed by atoms with Crippen LogP contribution in [0.4, 0.5) is 13.2 Å². The van der Waals surface area contributed by atoms with Crippen molar-refractivity contribution in [1.29, 1.82) is 0 Å². The predicted molar refractivity (Wildman–Crippen MR) is 76.3 cm³/mol. The van der Waals surface area contributed by atoms with E-state index in [1.165, 1.54) is 35.1 Å². The first-order chi connectivity index (χ1) is 9.41. The van der Waals surface area contributed by atoms with E-state index in [-0.39, 0.29) is 0 Å². The quantitative estimate of drug-likeness (QED) is 0.682. The molecule has 0 atom stereocenters. The Balaban J connectivity index is 2.26. The normalized spacial score (nSPS) is 11.2. The second-order valence-electron chi connectivity index (χ2n) is 4.02. The highest BCUT2D eigenvalue weighted by Crippen LogP contribution is 2.31. The van der Waals surface area contributed by atoms with Crippen molar-refractivity contribution in [3.8, 4) is 11.1 Å². The van der Waals surface area contributed by atoms with Gasteiger partial charge >= 0.3 is 12.1 Å². The average Bonchev–Trinajstić information content (AvgIpc) is 2.46. The van der Waals surface area contributed by atoms with E-state index in [2.05, 4.69) is 3.07 Å². The van der Waals surface area contributed by atoms with Gasteiger partial charge in [0, 0.05) is 0 Å².